The summed E-state index contributed by atoms with van der Waals surface area (Å²) in [5.74, 6) is -1.24. The predicted molar refractivity (Wildman–Crippen MR) is 115 cm³/mol. The number of aromatic nitrogens is 1. The van der Waals surface area contributed by atoms with Crippen LogP contribution in [0, 0.1) is 11.6 Å². The van der Waals surface area contributed by atoms with Gasteiger partial charge in [-0.25, -0.2) is 8.78 Å². The van der Waals surface area contributed by atoms with Gasteiger partial charge in [0, 0.05) is 39.2 Å². The second-order valence-corrected chi connectivity index (χ2v) is 9.87. The van der Waals surface area contributed by atoms with Crippen molar-refractivity contribution < 1.29 is 13.9 Å². The van der Waals surface area contributed by atoms with Gasteiger partial charge in [-0.05, 0) is 44.0 Å². The number of para-hydroxylation sites is 1. The third-order valence-electron chi connectivity index (χ3n) is 5.68. The molecule has 29 heavy (non-hydrogen) atoms. The van der Waals surface area contributed by atoms with Gasteiger partial charge in [-0.3, -0.25) is 4.90 Å². The van der Waals surface area contributed by atoms with Crippen molar-refractivity contribution in [2.24, 2.45) is 0 Å². The van der Waals surface area contributed by atoms with Crippen LogP contribution in [-0.4, -0.2) is 39.1 Å². The number of halogens is 4. The number of nitrogens with zero attached hydrogens (tertiary/aromatic N) is 1. The van der Waals surface area contributed by atoms with Crippen molar-refractivity contribution in [3.8, 4) is 0 Å². The molecule has 0 fully saturated rings. The molecule has 3 aromatic rings. The molecule has 2 aromatic carbocycles. The van der Waals surface area contributed by atoms with Crippen molar-refractivity contribution in [2.45, 2.75) is 37.2 Å². The third kappa shape index (κ3) is 3.72. The molecule has 0 spiro atoms. The highest BCUT2D eigenvalue weighted by Gasteiger charge is 2.41. The quantitative estimate of drug-likeness (QED) is 0.479. The van der Waals surface area contributed by atoms with E-state index in [4.69, 9.17) is 11.6 Å². The maximum Gasteiger partial charge on any atom is 0.132 e. The van der Waals surface area contributed by atoms with Crippen LogP contribution in [0.3, 0.4) is 0 Å². The van der Waals surface area contributed by atoms with Crippen molar-refractivity contribution in [2.75, 3.05) is 13.2 Å². The molecular formula is C22H22BrClF2N2O. The van der Waals surface area contributed by atoms with E-state index < -0.39 is 22.6 Å². The summed E-state index contributed by atoms with van der Waals surface area (Å²) >= 11 is 9.65. The Kier molecular flexibility index (Phi) is 5.49. The number of nitrogens with one attached hydrogen (secondary N) is 1. The molecule has 3 unspecified atom stereocenters. The lowest BCUT2D eigenvalue weighted by Crippen LogP contribution is -2.49. The number of H-pyrrole nitrogens is 1. The first-order valence-corrected chi connectivity index (χ1v) is 10.7. The zero-order valence-electron chi connectivity index (χ0n) is 16.1. The van der Waals surface area contributed by atoms with Crippen LogP contribution in [0.2, 0.25) is 0 Å². The number of rotatable bonds is 4. The summed E-state index contributed by atoms with van der Waals surface area (Å²) in [5, 5.41) is 10.8. The number of aliphatic hydroxyl groups excluding tert-OH is 1. The highest BCUT2D eigenvalue weighted by Crippen LogP contribution is 2.43. The maximum atomic E-state index is 15.1. The Hall–Kier alpha value is -1.47. The van der Waals surface area contributed by atoms with Crippen molar-refractivity contribution in [1.82, 2.24) is 9.88 Å². The minimum absolute atomic E-state index is 0.0158. The van der Waals surface area contributed by atoms with Crippen LogP contribution in [0.15, 0.2) is 40.9 Å². The van der Waals surface area contributed by atoms with E-state index in [2.05, 4.69) is 20.9 Å². The second kappa shape index (κ2) is 7.65. The fraction of sp³-hybridized carbons (Fsp3) is 0.364. The monoisotopic (exact) mass is 482 g/mol. The summed E-state index contributed by atoms with van der Waals surface area (Å²) in [7, 11) is 0. The first kappa shape index (κ1) is 20.8. The van der Waals surface area contributed by atoms with E-state index in [1.807, 2.05) is 36.1 Å². The lowest BCUT2D eigenvalue weighted by Gasteiger charge is -2.43. The smallest absolute Gasteiger partial charge is 0.132 e. The van der Waals surface area contributed by atoms with Gasteiger partial charge in [-0.15, -0.1) is 11.6 Å². The van der Waals surface area contributed by atoms with Crippen LogP contribution in [0.1, 0.15) is 36.7 Å². The number of alkyl halides is 1. The topological polar surface area (TPSA) is 39.3 Å². The lowest BCUT2D eigenvalue weighted by atomic mass is 9.87. The molecule has 7 heteroatoms. The van der Waals surface area contributed by atoms with E-state index in [1.165, 1.54) is 12.1 Å². The summed E-state index contributed by atoms with van der Waals surface area (Å²) in [6, 6.07) is 9.74. The molecule has 0 saturated heterocycles. The van der Waals surface area contributed by atoms with E-state index in [1.54, 1.807) is 6.92 Å². The molecule has 0 amide bonds. The van der Waals surface area contributed by atoms with Crippen LogP contribution >= 0.6 is 27.5 Å². The number of benzene rings is 2. The molecule has 2 N–H and O–H groups in total. The number of aliphatic hydroxyl groups is 1. The van der Waals surface area contributed by atoms with Gasteiger partial charge in [0.15, 0.2) is 0 Å². The molecule has 4 rings (SSSR count). The number of hydrogen-bond acceptors (Lipinski definition) is 2. The minimum Gasteiger partial charge on any atom is -0.395 e. The molecule has 0 bridgehead atoms. The Morgan fingerprint density at radius 1 is 1.28 bits per heavy atom. The van der Waals surface area contributed by atoms with Gasteiger partial charge in [0.2, 0.25) is 0 Å². The summed E-state index contributed by atoms with van der Waals surface area (Å²) < 4.78 is 30.5. The average molecular weight is 484 g/mol. The fourth-order valence-corrected chi connectivity index (χ4v) is 4.85. The Morgan fingerprint density at radius 2 is 1.93 bits per heavy atom. The molecule has 1 aromatic heterocycles. The van der Waals surface area contributed by atoms with Gasteiger partial charge in [-0.1, -0.05) is 34.1 Å². The highest BCUT2D eigenvalue weighted by molar-refractivity contribution is 9.10. The lowest BCUT2D eigenvalue weighted by molar-refractivity contribution is 0.110. The van der Waals surface area contributed by atoms with Crippen LogP contribution in [-0.2, 0) is 6.42 Å². The van der Waals surface area contributed by atoms with Gasteiger partial charge in [-0.2, -0.15) is 0 Å². The molecule has 0 aliphatic carbocycles. The zero-order chi connectivity index (χ0) is 20.9. The van der Waals surface area contributed by atoms with Gasteiger partial charge >= 0.3 is 0 Å². The van der Waals surface area contributed by atoms with Gasteiger partial charge in [0.05, 0.1) is 17.5 Å². The van der Waals surface area contributed by atoms with Crippen LogP contribution in [0.4, 0.5) is 8.78 Å². The highest BCUT2D eigenvalue weighted by atomic mass is 79.9. The molecule has 0 saturated carbocycles. The van der Waals surface area contributed by atoms with Crippen molar-refractivity contribution in [1.29, 1.82) is 0 Å². The van der Waals surface area contributed by atoms with E-state index in [0.717, 1.165) is 22.2 Å². The Bertz CT molecular complexity index is 1050. The predicted octanol–water partition coefficient (Wildman–Crippen LogP) is 5.53. The zero-order valence-corrected chi connectivity index (χ0v) is 18.5. The van der Waals surface area contributed by atoms with Crippen molar-refractivity contribution in [3.05, 3.63) is 69.3 Å². The summed E-state index contributed by atoms with van der Waals surface area (Å²) in [5.41, 5.74) is 2.76. The van der Waals surface area contributed by atoms with Crippen molar-refractivity contribution >= 4 is 38.4 Å². The van der Waals surface area contributed by atoms with Gasteiger partial charge in [0.1, 0.15) is 11.6 Å². The summed E-state index contributed by atoms with van der Waals surface area (Å²) in [6.07, 6.45) is 0.716. The first-order chi connectivity index (χ1) is 13.7. The van der Waals surface area contributed by atoms with Gasteiger partial charge < -0.3 is 10.1 Å². The maximum absolute atomic E-state index is 15.1. The Balaban J connectivity index is 1.96. The largest absolute Gasteiger partial charge is 0.395 e. The SMILES string of the molecule is CC1Cc2c([nH]c3ccccc23)C(c2c(F)cc(Br)cc2F)N1CC(C)(Cl)CO. The normalized spacial score (nSPS) is 21.9. The number of fused-ring (bicyclic) bond motifs is 3. The van der Waals surface area contributed by atoms with E-state index in [0.29, 0.717) is 10.9 Å². The summed E-state index contributed by atoms with van der Waals surface area (Å²) in [4.78, 5) is 4.45. The minimum atomic E-state index is -0.932. The molecular weight excluding hydrogens is 462 g/mol. The molecule has 1 aliphatic heterocycles. The van der Waals surface area contributed by atoms with Crippen LogP contribution in [0.25, 0.3) is 10.9 Å². The molecule has 0 radical (unpaired) electrons. The van der Waals surface area contributed by atoms with Crippen LogP contribution in [0.5, 0.6) is 0 Å². The van der Waals surface area contributed by atoms with Gasteiger partial charge in [0.25, 0.3) is 0 Å². The fourth-order valence-electron chi connectivity index (χ4n) is 4.31. The van der Waals surface area contributed by atoms with Crippen molar-refractivity contribution in [3.63, 3.8) is 0 Å². The third-order valence-corrected chi connectivity index (χ3v) is 6.37. The molecule has 3 nitrogen and oxygen atoms in total. The van der Waals surface area contributed by atoms with E-state index in [-0.39, 0.29) is 24.8 Å². The molecule has 154 valence electrons. The number of hydrogen-bond donors (Lipinski definition) is 2. The first-order valence-electron chi connectivity index (χ1n) is 9.51. The standard InChI is InChI=1S/C22H22BrClF2N2O/c1-12-7-15-14-5-3-4-6-18(14)27-20(15)21(28(12)10-22(2,24)11-29)19-16(25)8-13(23)9-17(19)26/h3-6,8-9,12,21,27,29H,7,10-11H2,1-2H3. The summed E-state index contributed by atoms with van der Waals surface area (Å²) in [6.45, 7) is 3.79. The van der Waals surface area contributed by atoms with Crippen LogP contribution < -0.4 is 0 Å². The van der Waals surface area contributed by atoms with E-state index >= 15 is 8.78 Å². The Morgan fingerprint density at radius 3 is 2.59 bits per heavy atom. The number of aromatic amines is 1. The molecule has 3 atom stereocenters. The Labute approximate surface area is 181 Å². The van der Waals surface area contributed by atoms with E-state index in [9.17, 15) is 5.11 Å². The second-order valence-electron chi connectivity index (χ2n) is 8.05. The molecule has 1 aliphatic rings. The average Bonchev–Trinajstić information content (AvgIpc) is 3.01. The molecule has 2 heterocycles.